The lowest BCUT2D eigenvalue weighted by atomic mass is 9.66. The molecular weight excluding hydrogens is 535 g/mol. The van der Waals surface area contributed by atoms with E-state index in [0.717, 1.165) is 37.4 Å². The Morgan fingerprint density at radius 1 is 1.07 bits per heavy atom. The number of nitrogen functional groups attached to an aromatic ring is 1. The number of hydrogen-bond acceptors (Lipinski definition) is 6. The Balaban J connectivity index is 1.49. The van der Waals surface area contributed by atoms with Gasteiger partial charge in [-0.1, -0.05) is 83.8 Å². The van der Waals surface area contributed by atoms with E-state index < -0.39 is 20.1 Å². The average Bonchev–Trinajstić information content (AvgIpc) is 3.19. The number of nitrogens with zero attached hydrogens (tertiary/aromatic N) is 3. The second kappa shape index (κ2) is 13.8. The maximum Gasteiger partial charge on any atom is 0.242 e. The number of rotatable bonds is 11. The first-order valence-electron chi connectivity index (χ1n) is 15.6. The third kappa shape index (κ3) is 7.96. The van der Waals surface area contributed by atoms with E-state index in [-0.39, 0.29) is 28.9 Å². The van der Waals surface area contributed by atoms with Crippen molar-refractivity contribution in [1.82, 2.24) is 14.8 Å². The first-order chi connectivity index (χ1) is 19.5. The van der Waals surface area contributed by atoms with Gasteiger partial charge in [-0.25, -0.2) is 9.67 Å². The van der Waals surface area contributed by atoms with Gasteiger partial charge in [0.15, 0.2) is 0 Å². The van der Waals surface area contributed by atoms with Crippen molar-refractivity contribution in [2.45, 2.75) is 117 Å². The zero-order valence-electron chi connectivity index (χ0n) is 25.8. The minimum Gasteiger partial charge on any atom is -0.398 e. The number of halogens is 1. The van der Waals surface area contributed by atoms with Gasteiger partial charge in [-0.3, -0.25) is 4.79 Å². The molecule has 10 heteroatoms. The second-order valence-electron chi connectivity index (χ2n) is 13.5. The monoisotopic (exact) mass is 586 g/mol. The molecule has 1 unspecified atom stereocenters. The Hall–Kier alpha value is -2.30. The number of nitrogens with one attached hydrogen (secondary N) is 1. The molecule has 2 aliphatic rings. The molecule has 41 heavy (non-hydrogen) atoms. The topological polar surface area (TPSA) is 121 Å². The van der Waals surface area contributed by atoms with Crippen LogP contribution >= 0.6 is 0 Å². The van der Waals surface area contributed by atoms with Crippen LogP contribution in [-0.2, 0) is 16.3 Å². The number of amides is 1. The van der Waals surface area contributed by atoms with Crippen molar-refractivity contribution in [3.8, 4) is 11.1 Å². The van der Waals surface area contributed by atoms with Gasteiger partial charge in [-0.15, -0.1) is 0 Å². The molecule has 8 nitrogen and oxygen atoms in total. The number of hydrogen-bond donors (Lipinski definition) is 3. The van der Waals surface area contributed by atoms with Crippen molar-refractivity contribution in [1.29, 1.82) is 0 Å². The van der Waals surface area contributed by atoms with Crippen LogP contribution < -0.4 is 16.8 Å². The highest BCUT2D eigenvalue weighted by Gasteiger charge is 2.38. The minimum atomic E-state index is -1.20. The van der Waals surface area contributed by atoms with Crippen molar-refractivity contribution in [2.24, 2.45) is 23.5 Å². The Labute approximate surface area is 246 Å². The van der Waals surface area contributed by atoms with Crippen LogP contribution in [0.2, 0.25) is 25.7 Å². The molecule has 0 aliphatic heterocycles. The van der Waals surface area contributed by atoms with E-state index in [1.165, 1.54) is 44.6 Å². The lowest BCUT2D eigenvalue weighted by Gasteiger charge is -2.40. The molecule has 2 aromatic rings. The van der Waals surface area contributed by atoms with Gasteiger partial charge in [0.2, 0.25) is 11.9 Å². The molecule has 0 bridgehead atoms. The highest BCUT2D eigenvalue weighted by molar-refractivity contribution is 6.76. The number of aromatic nitrogens is 3. The summed E-state index contributed by atoms with van der Waals surface area (Å²) in [5, 5.41) is 7.38. The summed E-state index contributed by atoms with van der Waals surface area (Å²) in [7, 11) is -1.20. The van der Waals surface area contributed by atoms with Crippen molar-refractivity contribution < 1.29 is 13.9 Å². The molecule has 2 aromatic heterocycles. The summed E-state index contributed by atoms with van der Waals surface area (Å²) in [5.74, 6) is 0.114. The van der Waals surface area contributed by atoms with Crippen LogP contribution in [0.5, 0.6) is 0 Å². The smallest absolute Gasteiger partial charge is 0.242 e. The summed E-state index contributed by atoms with van der Waals surface area (Å²) in [6, 6.07) is 1.93. The van der Waals surface area contributed by atoms with E-state index in [9.17, 15) is 4.79 Å². The average molecular weight is 587 g/mol. The van der Waals surface area contributed by atoms with Crippen LogP contribution in [0, 0.1) is 37.5 Å². The van der Waals surface area contributed by atoms with E-state index in [0.29, 0.717) is 36.4 Å². The van der Waals surface area contributed by atoms with Crippen LogP contribution in [0.25, 0.3) is 11.1 Å². The Morgan fingerprint density at radius 2 is 1.66 bits per heavy atom. The van der Waals surface area contributed by atoms with Crippen LogP contribution in [0.4, 0.5) is 15.9 Å². The Kier molecular flexibility index (Phi) is 10.6. The molecule has 228 valence electrons. The van der Waals surface area contributed by atoms with Crippen LogP contribution in [0.3, 0.4) is 0 Å². The largest absolute Gasteiger partial charge is 0.398 e. The highest BCUT2D eigenvalue weighted by Crippen LogP contribution is 2.42. The second-order valence-corrected chi connectivity index (χ2v) is 19.2. The molecule has 0 spiro atoms. The van der Waals surface area contributed by atoms with Gasteiger partial charge in [0, 0.05) is 37.7 Å². The third-order valence-corrected chi connectivity index (χ3v) is 10.9. The van der Waals surface area contributed by atoms with Gasteiger partial charge in [0.1, 0.15) is 12.5 Å². The SMILES string of the molecule is Cc1nn(COCC[Si](C)(C)C)c(C)c1-c1c(N)cc(NC(=O)C(N)C(C2CCCCC2)C2CCCCC2)nc1F. The molecule has 0 radical (unpaired) electrons. The summed E-state index contributed by atoms with van der Waals surface area (Å²) in [6.45, 7) is 11.6. The number of nitrogens with two attached hydrogens (primary N) is 2. The summed E-state index contributed by atoms with van der Waals surface area (Å²) in [6.07, 6.45) is 11.8. The fourth-order valence-electron chi connectivity index (χ4n) is 6.95. The van der Waals surface area contributed by atoms with Crippen molar-refractivity contribution in [3.05, 3.63) is 23.4 Å². The fraction of sp³-hybridized carbons (Fsp3) is 0.710. The summed E-state index contributed by atoms with van der Waals surface area (Å²) in [5.41, 5.74) is 15.5. The van der Waals surface area contributed by atoms with E-state index in [4.69, 9.17) is 16.2 Å². The molecule has 2 saturated carbocycles. The summed E-state index contributed by atoms with van der Waals surface area (Å²) in [4.78, 5) is 17.6. The molecule has 1 amide bonds. The molecular formula is C31H51FN6O2Si. The van der Waals surface area contributed by atoms with Crippen LogP contribution in [0.1, 0.15) is 75.6 Å². The van der Waals surface area contributed by atoms with E-state index in [2.05, 4.69) is 35.0 Å². The first kappa shape index (κ1) is 31.6. The van der Waals surface area contributed by atoms with Gasteiger partial charge >= 0.3 is 0 Å². The molecule has 5 N–H and O–H groups in total. The van der Waals surface area contributed by atoms with E-state index >= 15 is 4.39 Å². The van der Waals surface area contributed by atoms with Crippen molar-refractivity contribution in [3.63, 3.8) is 0 Å². The van der Waals surface area contributed by atoms with Gasteiger partial charge in [-0.2, -0.15) is 9.49 Å². The van der Waals surface area contributed by atoms with E-state index in [1.54, 1.807) is 4.68 Å². The van der Waals surface area contributed by atoms with Crippen molar-refractivity contribution >= 4 is 25.5 Å². The summed E-state index contributed by atoms with van der Waals surface area (Å²) >= 11 is 0. The zero-order chi connectivity index (χ0) is 29.7. The first-order valence-corrected chi connectivity index (χ1v) is 19.3. The van der Waals surface area contributed by atoms with Gasteiger partial charge in [0.25, 0.3) is 0 Å². The maximum atomic E-state index is 15.6. The predicted molar refractivity (Wildman–Crippen MR) is 167 cm³/mol. The lowest BCUT2D eigenvalue weighted by molar-refractivity contribution is -0.120. The quantitative estimate of drug-likeness (QED) is 0.154. The number of anilines is 2. The van der Waals surface area contributed by atoms with E-state index in [1.807, 2.05) is 13.8 Å². The van der Waals surface area contributed by atoms with Gasteiger partial charge in [0.05, 0.1) is 17.3 Å². The predicted octanol–water partition coefficient (Wildman–Crippen LogP) is 6.64. The zero-order valence-corrected chi connectivity index (χ0v) is 26.8. The lowest BCUT2D eigenvalue weighted by Crippen LogP contribution is -2.48. The number of pyridine rings is 1. The number of carbonyl (C=O) groups excluding carboxylic acids is 1. The third-order valence-electron chi connectivity index (χ3n) is 9.20. The summed E-state index contributed by atoms with van der Waals surface area (Å²) < 4.78 is 23.2. The molecule has 2 aliphatic carbocycles. The Morgan fingerprint density at radius 3 is 2.20 bits per heavy atom. The molecule has 0 aromatic carbocycles. The minimum absolute atomic E-state index is 0.0904. The highest BCUT2D eigenvalue weighted by atomic mass is 28.3. The molecule has 2 heterocycles. The molecule has 2 fully saturated rings. The standard InChI is InChI=1S/C31H51FN6O2Si/c1-20-26(21(2)38(37-20)19-40-16-17-41(3,4)5)28-24(33)18-25(35-30(28)32)36-31(39)29(34)27(22-12-8-6-9-13-22)23-14-10-7-11-15-23/h18,22-23,27,29H,6-17,19,34H2,1-5H3,(H3,33,35,36,39). The number of ether oxygens (including phenoxy) is 1. The maximum absolute atomic E-state index is 15.6. The van der Waals surface area contributed by atoms with Gasteiger partial charge in [-0.05, 0) is 37.6 Å². The normalized spacial score (nSPS) is 18.1. The van der Waals surface area contributed by atoms with Gasteiger partial charge < -0.3 is 21.5 Å². The van der Waals surface area contributed by atoms with Crippen LogP contribution in [0.15, 0.2) is 6.07 Å². The number of aryl methyl sites for hydroxylation is 1. The molecule has 1 atom stereocenters. The van der Waals surface area contributed by atoms with Crippen molar-refractivity contribution in [2.75, 3.05) is 17.7 Å². The molecule has 4 rings (SSSR count). The Bertz CT molecular complexity index is 1140. The fourth-order valence-corrected chi connectivity index (χ4v) is 7.71. The molecule has 0 saturated heterocycles. The van der Waals surface area contributed by atoms with Crippen LogP contribution in [-0.4, -0.2) is 41.4 Å². The number of carbonyl (C=O) groups is 1.